The molecule has 1 unspecified atom stereocenters. The van der Waals surface area contributed by atoms with Gasteiger partial charge < -0.3 is 0 Å². The van der Waals surface area contributed by atoms with Gasteiger partial charge >= 0.3 is 0 Å². The number of rotatable bonds is 2. The predicted molar refractivity (Wildman–Crippen MR) is 65.3 cm³/mol. The van der Waals surface area contributed by atoms with Gasteiger partial charge in [-0.15, -0.1) is 0 Å². The topological polar surface area (TPSA) is 0 Å². The van der Waals surface area contributed by atoms with E-state index in [0.29, 0.717) is 0 Å². The standard InChI is InChI=1S/C15H15F/c1-11-8-9-12(2)14(10-11)15(16)13-6-4-3-5-7-13/h3-10,15H,1-2H3. The van der Waals surface area contributed by atoms with Gasteiger partial charge in [0.25, 0.3) is 0 Å². The minimum absolute atomic E-state index is 0.719. The van der Waals surface area contributed by atoms with Gasteiger partial charge in [-0.3, -0.25) is 0 Å². The first-order valence-electron chi connectivity index (χ1n) is 5.44. The zero-order chi connectivity index (χ0) is 11.5. The first-order chi connectivity index (χ1) is 7.68. The third kappa shape index (κ3) is 2.13. The molecule has 0 aliphatic heterocycles. The summed E-state index contributed by atoms with van der Waals surface area (Å²) in [4.78, 5) is 0. The number of hydrogen-bond acceptors (Lipinski definition) is 0. The Bertz CT molecular complexity index is 474. The minimum atomic E-state index is -1.03. The quantitative estimate of drug-likeness (QED) is 0.696. The van der Waals surface area contributed by atoms with Crippen LogP contribution in [0.4, 0.5) is 4.39 Å². The van der Waals surface area contributed by atoms with Gasteiger partial charge in [0, 0.05) is 0 Å². The van der Waals surface area contributed by atoms with E-state index in [4.69, 9.17) is 0 Å². The number of hydrogen-bond donors (Lipinski definition) is 0. The summed E-state index contributed by atoms with van der Waals surface area (Å²) in [5, 5.41) is 0. The van der Waals surface area contributed by atoms with Crippen LogP contribution in [0.2, 0.25) is 0 Å². The van der Waals surface area contributed by atoms with E-state index in [2.05, 4.69) is 0 Å². The van der Waals surface area contributed by atoms with Crippen LogP contribution in [0.25, 0.3) is 0 Å². The lowest BCUT2D eigenvalue weighted by Crippen LogP contribution is -1.97. The lowest BCUT2D eigenvalue weighted by Gasteiger charge is -2.12. The lowest BCUT2D eigenvalue weighted by atomic mass is 9.97. The van der Waals surface area contributed by atoms with Crippen molar-refractivity contribution in [2.75, 3.05) is 0 Å². The predicted octanol–water partition coefficient (Wildman–Crippen LogP) is 4.36. The van der Waals surface area contributed by atoms with Crippen molar-refractivity contribution in [3.63, 3.8) is 0 Å². The molecule has 16 heavy (non-hydrogen) atoms. The third-order valence-electron chi connectivity index (χ3n) is 2.80. The van der Waals surface area contributed by atoms with Gasteiger partial charge in [0.2, 0.25) is 0 Å². The maximum Gasteiger partial charge on any atom is 0.151 e. The number of benzene rings is 2. The molecule has 2 aromatic carbocycles. The van der Waals surface area contributed by atoms with Crippen LogP contribution >= 0.6 is 0 Å². The molecule has 1 heteroatoms. The van der Waals surface area contributed by atoms with Gasteiger partial charge in [0.05, 0.1) is 0 Å². The van der Waals surface area contributed by atoms with Crippen molar-refractivity contribution in [2.24, 2.45) is 0 Å². The van der Waals surface area contributed by atoms with Gasteiger partial charge in [-0.25, -0.2) is 4.39 Å². The molecular formula is C15H15F. The molecule has 0 radical (unpaired) electrons. The summed E-state index contributed by atoms with van der Waals surface area (Å²) >= 11 is 0. The van der Waals surface area contributed by atoms with Crippen LogP contribution in [-0.4, -0.2) is 0 Å². The third-order valence-corrected chi connectivity index (χ3v) is 2.80. The summed E-state index contributed by atoms with van der Waals surface area (Å²) < 4.78 is 14.3. The molecule has 0 saturated heterocycles. The minimum Gasteiger partial charge on any atom is -0.237 e. The molecule has 0 amide bonds. The zero-order valence-electron chi connectivity index (χ0n) is 9.57. The Morgan fingerprint density at radius 2 is 1.62 bits per heavy atom. The van der Waals surface area contributed by atoms with E-state index in [1.54, 1.807) is 0 Å². The van der Waals surface area contributed by atoms with Crippen molar-refractivity contribution in [2.45, 2.75) is 20.0 Å². The Morgan fingerprint density at radius 3 is 2.31 bits per heavy atom. The molecule has 1 atom stereocenters. The number of alkyl halides is 1. The lowest BCUT2D eigenvalue weighted by molar-refractivity contribution is 0.400. The van der Waals surface area contributed by atoms with Crippen LogP contribution in [0, 0.1) is 13.8 Å². The van der Waals surface area contributed by atoms with Crippen molar-refractivity contribution in [1.29, 1.82) is 0 Å². The fourth-order valence-electron chi connectivity index (χ4n) is 1.83. The average Bonchev–Trinajstić information content (AvgIpc) is 2.32. The Morgan fingerprint density at radius 1 is 0.938 bits per heavy atom. The maximum atomic E-state index is 14.3. The van der Waals surface area contributed by atoms with Gasteiger partial charge in [-0.05, 0) is 30.5 Å². The Balaban J connectivity index is 2.41. The van der Waals surface area contributed by atoms with Gasteiger partial charge in [-0.1, -0.05) is 54.1 Å². The Kier molecular flexibility index (Phi) is 3.04. The van der Waals surface area contributed by atoms with E-state index >= 15 is 0 Å². The SMILES string of the molecule is Cc1ccc(C)c(C(F)c2ccccc2)c1. The number of halogens is 1. The fraction of sp³-hybridized carbons (Fsp3) is 0.200. The molecular weight excluding hydrogens is 199 g/mol. The molecule has 0 spiro atoms. The second-order valence-electron chi connectivity index (χ2n) is 4.13. The van der Waals surface area contributed by atoms with Gasteiger partial charge in [0.1, 0.15) is 0 Å². The largest absolute Gasteiger partial charge is 0.237 e. The van der Waals surface area contributed by atoms with Crippen molar-refractivity contribution in [1.82, 2.24) is 0 Å². The molecule has 0 nitrogen and oxygen atoms in total. The van der Waals surface area contributed by atoms with Crippen LogP contribution in [0.15, 0.2) is 48.5 Å². The average molecular weight is 214 g/mol. The highest BCUT2D eigenvalue weighted by Crippen LogP contribution is 2.28. The second-order valence-corrected chi connectivity index (χ2v) is 4.13. The normalized spacial score (nSPS) is 12.4. The van der Waals surface area contributed by atoms with E-state index in [9.17, 15) is 4.39 Å². The van der Waals surface area contributed by atoms with Crippen molar-refractivity contribution < 1.29 is 4.39 Å². The van der Waals surface area contributed by atoms with E-state index in [1.807, 2.05) is 62.4 Å². The van der Waals surface area contributed by atoms with Crippen LogP contribution in [0.3, 0.4) is 0 Å². The molecule has 2 rings (SSSR count). The molecule has 0 N–H and O–H groups in total. The molecule has 0 aliphatic rings. The molecule has 0 heterocycles. The maximum absolute atomic E-state index is 14.3. The van der Waals surface area contributed by atoms with E-state index < -0.39 is 6.17 Å². The van der Waals surface area contributed by atoms with E-state index in [1.165, 1.54) is 0 Å². The number of aryl methyl sites for hydroxylation is 2. The molecule has 0 aliphatic carbocycles. The summed E-state index contributed by atoms with van der Waals surface area (Å²) in [5.74, 6) is 0. The highest BCUT2D eigenvalue weighted by atomic mass is 19.1. The van der Waals surface area contributed by atoms with Crippen LogP contribution in [0.1, 0.15) is 28.4 Å². The Hall–Kier alpha value is -1.63. The van der Waals surface area contributed by atoms with Crippen LogP contribution in [-0.2, 0) is 0 Å². The summed E-state index contributed by atoms with van der Waals surface area (Å²) in [7, 11) is 0. The summed E-state index contributed by atoms with van der Waals surface area (Å²) in [5.41, 5.74) is 3.59. The van der Waals surface area contributed by atoms with E-state index in [-0.39, 0.29) is 0 Å². The van der Waals surface area contributed by atoms with Crippen LogP contribution in [0.5, 0.6) is 0 Å². The first kappa shape index (κ1) is 10.9. The molecule has 0 bridgehead atoms. The van der Waals surface area contributed by atoms with Gasteiger partial charge in [0.15, 0.2) is 6.17 Å². The second kappa shape index (κ2) is 4.48. The molecule has 0 saturated carbocycles. The highest BCUT2D eigenvalue weighted by Gasteiger charge is 2.14. The first-order valence-corrected chi connectivity index (χ1v) is 5.44. The summed E-state index contributed by atoms with van der Waals surface area (Å²) in [6, 6.07) is 15.2. The fourth-order valence-corrected chi connectivity index (χ4v) is 1.83. The van der Waals surface area contributed by atoms with Crippen molar-refractivity contribution >= 4 is 0 Å². The van der Waals surface area contributed by atoms with Crippen LogP contribution < -0.4 is 0 Å². The summed E-state index contributed by atoms with van der Waals surface area (Å²) in [6.45, 7) is 3.94. The zero-order valence-corrected chi connectivity index (χ0v) is 9.57. The highest BCUT2D eigenvalue weighted by molar-refractivity contribution is 5.37. The van der Waals surface area contributed by atoms with Gasteiger partial charge in [-0.2, -0.15) is 0 Å². The molecule has 82 valence electrons. The molecule has 0 aromatic heterocycles. The van der Waals surface area contributed by atoms with Crippen molar-refractivity contribution in [3.8, 4) is 0 Å². The Labute approximate surface area is 95.7 Å². The smallest absolute Gasteiger partial charge is 0.151 e. The summed E-state index contributed by atoms with van der Waals surface area (Å²) in [6.07, 6.45) is -1.03. The molecule has 2 aromatic rings. The monoisotopic (exact) mass is 214 g/mol. The van der Waals surface area contributed by atoms with E-state index in [0.717, 1.165) is 22.3 Å². The van der Waals surface area contributed by atoms with Crippen molar-refractivity contribution in [3.05, 3.63) is 70.8 Å². The molecule has 0 fully saturated rings.